The van der Waals surface area contributed by atoms with E-state index in [9.17, 15) is 9.90 Å². The number of aliphatic carboxylic acids is 1. The monoisotopic (exact) mass is 492 g/mol. The van der Waals surface area contributed by atoms with Gasteiger partial charge >= 0.3 is 5.97 Å². The second-order valence-electron chi connectivity index (χ2n) is 8.93. The van der Waals surface area contributed by atoms with Crippen molar-refractivity contribution in [1.29, 1.82) is 0 Å². The first-order valence-corrected chi connectivity index (χ1v) is 12.1. The molecule has 5 rings (SSSR count). The molecule has 0 aliphatic rings. The molecular weight excluding hydrogens is 464 g/mol. The SMILES string of the molecule is NCc1cccc(-c2cc(-c3cccc(CN)c3)c3oc(COc4ccccc4CC(=O)O)cc3c2)c1. The normalized spacial score (nSPS) is 11.1. The third-order valence-corrected chi connectivity index (χ3v) is 6.32. The van der Waals surface area contributed by atoms with Gasteiger partial charge < -0.3 is 25.7 Å². The Morgan fingerprint density at radius 3 is 2.22 bits per heavy atom. The van der Waals surface area contributed by atoms with Crippen LogP contribution >= 0.6 is 0 Å². The summed E-state index contributed by atoms with van der Waals surface area (Å²) in [6.45, 7) is 1.09. The van der Waals surface area contributed by atoms with E-state index in [1.165, 1.54) is 0 Å². The van der Waals surface area contributed by atoms with Gasteiger partial charge in [0.1, 0.15) is 23.7 Å². The smallest absolute Gasteiger partial charge is 0.307 e. The molecular formula is C31H28N2O4. The zero-order chi connectivity index (χ0) is 25.8. The van der Waals surface area contributed by atoms with Crippen LogP contribution in [0.3, 0.4) is 0 Å². The Kier molecular flexibility index (Phi) is 7.03. The maximum absolute atomic E-state index is 11.2. The molecule has 0 bridgehead atoms. The number of fused-ring (bicyclic) bond motifs is 1. The van der Waals surface area contributed by atoms with E-state index in [1.807, 2.05) is 36.4 Å². The van der Waals surface area contributed by atoms with Gasteiger partial charge in [-0.05, 0) is 64.2 Å². The summed E-state index contributed by atoms with van der Waals surface area (Å²) in [5, 5.41) is 10.2. The Morgan fingerprint density at radius 1 is 0.784 bits per heavy atom. The predicted octanol–water partition coefficient (Wildman–Crippen LogP) is 5.89. The summed E-state index contributed by atoms with van der Waals surface area (Å²) in [6.07, 6.45) is -0.108. The fourth-order valence-corrected chi connectivity index (χ4v) is 4.50. The molecule has 0 atom stereocenters. The van der Waals surface area contributed by atoms with Crippen LogP contribution in [0.5, 0.6) is 5.75 Å². The molecule has 0 unspecified atom stereocenters. The van der Waals surface area contributed by atoms with E-state index >= 15 is 0 Å². The largest absolute Gasteiger partial charge is 0.485 e. The van der Waals surface area contributed by atoms with Gasteiger partial charge in [0.05, 0.1) is 6.42 Å². The fraction of sp³-hybridized carbons (Fsp3) is 0.129. The number of nitrogens with two attached hydrogens (primary N) is 2. The Balaban J connectivity index is 1.56. The second-order valence-corrected chi connectivity index (χ2v) is 8.93. The molecule has 0 aliphatic carbocycles. The van der Waals surface area contributed by atoms with Gasteiger partial charge in [-0.1, -0.05) is 54.6 Å². The van der Waals surface area contributed by atoms with E-state index < -0.39 is 5.97 Å². The molecule has 5 aromatic rings. The molecule has 186 valence electrons. The van der Waals surface area contributed by atoms with Gasteiger partial charge in [0, 0.05) is 29.6 Å². The number of hydrogen-bond donors (Lipinski definition) is 3. The van der Waals surface area contributed by atoms with Crippen molar-refractivity contribution in [3.05, 3.63) is 113 Å². The lowest BCUT2D eigenvalue weighted by Crippen LogP contribution is -2.03. The number of carbonyl (C=O) groups is 1. The predicted molar refractivity (Wildman–Crippen MR) is 145 cm³/mol. The molecule has 4 aromatic carbocycles. The van der Waals surface area contributed by atoms with Crippen molar-refractivity contribution < 1.29 is 19.1 Å². The average molecular weight is 493 g/mol. The van der Waals surface area contributed by atoms with Crippen molar-refractivity contribution in [2.24, 2.45) is 11.5 Å². The van der Waals surface area contributed by atoms with Crippen LogP contribution in [0, 0.1) is 0 Å². The maximum Gasteiger partial charge on any atom is 0.307 e. The third-order valence-electron chi connectivity index (χ3n) is 6.32. The van der Waals surface area contributed by atoms with Crippen molar-refractivity contribution in [2.45, 2.75) is 26.1 Å². The van der Waals surface area contributed by atoms with E-state index in [0.717, 1.165) is 44.3 Å². The molecule has 1 heterocycles. The second kappa shape index (κ2) is 10.7. The highest BCUT2D eigenvalue weighted by molar-refractivity contribution is 5.97. The molecule has 0 saturated carbocycles. The zero-order valence-corrected chi connectivity index (χ0v) is 20.3. The lowest BCUT2D eigenvalue weighted by Gasteiger charge is -2.10. The van der Waals surface area contributed by atoms with Crippen LogP contribution < -0.4 is 16.2 Å². The fourth-order valence-electron chi connectivity index (χ4n) is 4.50. The number of furan rings is 1. The third kappa shape index (κ3) is 5.40. The summed E-state index contributed by atoms with van der Waals surface area (Å²) in [6, 6.07) is 29.7. The Morgan fingerprint density at radius 2 is 1.49 bits per heavy atom. The molecule has 1 aromatic heterocycles. The first kappa shape index (κ1) is 24.3. The van der Waals surface area contributed by atoms with Gasteiger partial charge in [-0.15, -0.1) is 0 Å². The van der Waals surface area contributed by atoms with Crippen LogP contribution in [0.1, 0.15) is 22.5 Å². The lowest BCUT2D eigenvalue weighted by molar-refractivity contribution is -0.136. The number of hydrogen-bond acceptors (Lipinski definition) is 5. The summed E-state index contributed by atoms with van der Waals surface area (Å²) < 4.78 is 12.3. The first-order valence-electron chi connectivity index (χ1n) is 12.1. The van der Waals surface area contributed by atoms with Gasteiger partial charge in [0.15, 0.2) is 0 Å². The number of rotatable bonds is 9. The quantitative estimate of drug-likeness (QED) is 0.237. The van der Waals surface area contributed by atoms with E-state index in [-0.39, 0.29) is 13.0 Å². The molecule has 0 aliphatic heterocycles. The minimum absolute atomic E-state index is 0.108. The number of carboxylic acids is 1. The van der Waals surface area contributed by atoms with Crippen LogP contribution in [-0.2, 0) is 30.9 Å². The molecule has 0 saturated heterocycles. The number of benzene rings is 4. The van der Waals surface area contributed by atoms with Crippen LogP contribution in [0.25, 0.3) is 33.2 Å². The summed E-state index contributed by atoms with van der Waals surface area (Å²) in [5.41, 5.74) is 19.4. The minimum Gasteiger partial charge on any atom is -0.485 e. The maximum atomic E-state index is 11.2. The van der Waals surface area contributed by atoms with Gasteiger partial charge in [-0.3, -0.25) is 4.79 Å². The molecule has 0 radical (unpaired) electrons. The first-order chi connectivity index (χ1) is 18.0. The summed E-state index contributed by atoms with van der Waals surface area (Å²) >= 11 is 0. The van der Waals surface area contributed by atoms with E-state index in [1.54, 1.807) is 18.2 Å². The highest BCUT2D eigenvalue weighted by atomic mass is 16.5. The highest BCUT2D eigenvalue weighted by Gasteiger charge is 2.15. The molecule has 6 nitrogen and oxygen atoms in total. The van der Waals surface area contributed by atoms with Crippen molar-refractivity contribution in [1.82, 2.24) is 0 Å². The zero-order valence-electron chi connectivity index (χ0n) is 20.3. The molecule has 0 fully saturated rings. The van der Waals surface area contributed by atoms with Crippen LogP contribution in [0.4, 0.5) is 0 Å². The molecule has 37 heavy (non-hydrogen) atoms. The topological polar surface area (TPSA) is 112 Å². The summed E-state index contributed by atoms with van der Waals surface area (Å²) in [7, 11) is 0. The number of para-hydroxylation sites is 1. The Labute approximate surface area is 215 Å². The molecule has 0 spiro atoms. The number of ether oxygens (including phenoxy) is 1. The van der Waals surface area contributed by atoms with E-state index in [4.69, 9.17) is 20.6 Å². The van der Waals surface area contributed by atoms with Crippen LogP contribution in [0.2, 0.25) is 0 Å². The summed E-state index contributed by atoms with van der Waals surface area (Å²) in [4.78, 5) is 11.2. The van der Waals surface area contributed by atoms with Crippen LogP contribution in [-0.4, -0.2) is 11.1 Å². The number of carboxylic acid groups (broad SMARTS) is 1. The summed E-state index contributed by atoms with van der Waals surface area (Å²) in [5.74, 6) is 0.264. The van der Waals surface area contributed by atoms with Gasteiger partial charge in [-0.2, -0.15) is 0 Å². The highest BCUT2D eigenvalue weighted by Crippen LogP contribution is 2.37. The molecule has 0 amide bonds. The van der Waals surface area contributed by atoms with Crippen molar-refractivity contribution in [2.75, 3.05) is 0 Å². The van der Waals surface area contributed by atoms with Gasteiger partial charge in [-0.25, -0.2) is 0 Å². The molecule has 6 heteroatoms. The van der Waals surface area contributed by atoms with Crippen LogP contribution in [0.15, 0.2) is 95.4 Å². The van der Waals surface area contributed by atoms with E-state index in [2.05, 4.69) is 36.4 Å². The minimum atomic E-state index is -0.907. The molecule has 5 N–H and O–H groups in total. The van der Waals surface area contributed by atoms with Gasteiger partial charge in [0.25, 0.3) is 0 Å². The van der Waals surface area contributed by atoms with Gasteiger partial charge in [0.2, 0.25) is 0 Å². The average Bonchev–Trinajstić information content (AvgIpc) is 3.35. The Bertz CT molecular complexity index is 1570. The van der Waals surface area contributed by atoms with E-state index in [0.29, 0.717) is 30.2 Å². The lowest BCUT2D eigenvalue weighted by atomic mass is 9.95. The van der Waals surface area contributed by atoms with Crippen molar-refractivity contribution >= 4 is 16.9 Å². The Hall–Kier alpha value is -4.39. The van der Waals surface area contributed by atoms with Crippen molar-refractivity contribution in [3.63, 3.8) is 0 Å². The van der Waals surface area contributed by atoms with Crippen molar-refractivity contribution in [3.8, 4) is 28.0 Å². The standard InChI is InChI=1S/C31H28N2O4/c32-17-20-5-3-8-22(11-20)25-13-26-14-27(19-36-29-10-2-1-7-24(29)16-30(34)35)37-31(26)28(15-25)23-9-4-6-21(12-23)18-33/h1-15H,16-19,32-33H2,(H,34,35).